The Balaban J connectivity index is 0.000000495. The molecule has 8 heteroatoms. The Hall–Kier alpha value is -1.70. The fourth-order valence-electron chi connectivity index (χ4n) is 1.67. The molecule has 0 aliphatic carbocycles. The largest absolute Gasteiger partial charge is 0.478 e. The summed E-state index contributed by atoms with van der Waals surface area (Å²) in [6, 6.07) is 7.34. The van der Waals surface area contributed by atoms with E-state index in [4.69, 9.17) is 16.7 Å². The van der Waals surface area contributed by atoms with E-state index < -0.39 is 11.4 Å². The summed E-state index contributed by atoms with van der Waals surface area (Å²) in [6.07, 6.45) is 0. The number of aromatic carboxylic acids is 1. The van der Waals surface area contributed by atoms with Gasteiger partial charge in [-0.05, 0) is 13.0 Å². The summed E-state index contributed by atoms with van der Waals surface area (Å²) in [6.45, 7) is 2.04. The first-order valence-corrected chi connectivity index (χ1v) is 6.78. The van der Waals surface area contributed by atoms with Crippen molar-refractivity contribution in [2.45, 2.75) is 12.7 Å². The van der Waals surface area contributed by atoms with Crippen LogP contribution >= 0.6 is 24.2 Å². The second kappa shape index (κ2) is 9.28. The number of aromatic amines is 1. The molecule has 0 saturated carbocycles. The Morgan fingerprint density at radius 3 is 2.43 bits per heavy atom. The smallest absolute Gasteiger partial charge is 0.403 e. The Labute approximate surface area is 131 Å². The molecule has 4 N–H and O–H groups in total. The highest BCUT2D eigenvalue weighted by atomic mass is 35.5. The van der Waals surface area contributed by atoms with Crippen molar-refractivity contribution in [2.75, 3.05) is 6.61 Å². The maximum absolute atomic E-state index is 11.0. The van der Waals surface area contributed by atoms with Crippen LogP contribution in [-0.4, -0.2) is 33.6 Å². The number of carboxylic acids is 1. The van der Waals surface area contributed by atoms with Crippen LogP contribution in [0, 0.1) is 0 Å². The number of carbonyl (C=O) groups is 2. The fourth-order valence-corrected chi connectivity index (χ4v) is 2.02. The van der Waals surface area contributed by atoms with Gasteiger partial charge in [-0.1, -0.05) is 18.2 Å². The van der Waals surface area contributed by atoms with Gasteiger partial charge in [0.15, 0.2) is 0 Å². The average molecular weight is 334 g/mol. The van der Waals surface area contributed by atoms with Crippen molar-refractivity contribution in [1.82, 2.24) is 4.98 Å². The first kappa shape index (κ1) is 19.3. The number of para-hydroxylation sites is 1. The lowest BCUT2D eigenvalue weighted by Crippen LogP contribution is -1.98. The second-order valence-corrected chi connectivity index (χ2v) is 4.28. The maximum Gasteiger partial charge on any atom is 0.403 e. The van der Waals surface area contributed by atoms with Gasteiger partial charge < -0.3 is 20.3 Å². The molecule has 0 aliphatic rings. The molecule has 0 fully saturated rings. The van der Waals surface area contributed by atoms with Crippen LogP contribution in [0.2, 0.25) is 0 Å². The van der Waals surface area contributed by atoms with Gasteiger partial charge in [-0.2, -0.15) is 12.6 Å². The summed E-state index contributed by atoms with van der Waals surface area (Å²) >= 11 is 8.81. The van der Waals surface area contributed by atoms with E-state index in [0.29, 0.717) is 23.6 Å². The van der Waals surface area contributed by atoms with Crippen molar-refractivity contribution in [3.8, 4) is 0 Å². The molecule has 0 amide bonds. The van der Waals surface area contributed by atoms with Gasteiger partial charge >= 0.3 is 11.4 Å². The van der Waals surface area contributed by atoms with Gasteiger partial charge in [-0.15, -0.1) is 0 Å². The number of hydrogen-bond acceptors (Lipinski definition) is 4. The van der Waals surface area contributed by atoms with Crippen molar-refractivity contribution in [3.63, 3.8) is 0 Å². The summed E-state index contributed by atoms with van der Waals surface area (Å²) < 4.78 is 4.17. The third-order valence-corrected chi connectivity index (χ3v) is 2.84. The minimum atomic E-state index is -0.911. The van der Waals surface area contributed by atoms with Gasteiger partial charge in [-0.25, -0.2) is 9.59 Å². The molecule has 0 aliphatic heterocycles. The van der Waals surface area contributed by atoms with Crippen molar-refractivity contribution < 1.29 is 24.9 Å². The van der Waals surface area contributed by atoms with Crippen LogP contribution < -0.4 is 0 Å². The zero-order valence-corrected chi connectivity index (χ0v) is 12.9. The minimum Gasteiger partial charge on any atom is -0.478 e. The van der Waals surface area contributed by atoms with Crippen LogP contribution in [0.25, 0.3) is 10.9 Å². The first-order chi connectivity index (χ1) is 9.51. The number of fused-ring (bicyclic) bond motifs is 1. The van der Waals surface area contributed by atoms with E-state index in [2.05, 4.69) is 22.3 Å². The standard InChI is InChI=1S/C10H9NO2S.C3H5ClO2.H2O/c12-10(13)9-6-3-1-2-4-7(6)11-8(9)5-14;1-2-6-3(4)5;/h1-4,11,14H,5H2,(H,12,13);2H2,1H3;1H2. The van der Waals surface area contributed by atoms with Gasteiger partial charge in [0.1, 0.15) is 0 Å². The highest BCUT2D eigenvalue weighted by Gasteiger charge is 2.15. The van der Waals surface area contributed by atoms with E-state index >= 15 is 0 Å². The normalized spacial score (nSPS) is 9.29. The molecule has 116 valence electrons. The predicted molar refractivity (Wildman–Crippen MR) is 84.4 cm³/mol. The summed E-state index contributed by atoms with van der Waals surface area (Å²) in [7, 11) is 0. The molecular weight excluding hydrogens is 318 g/mol. The molecular formula is C13H16ClNO5S. The topological polar surface area (TPSA) is 111 Å². The lowest BCUT2D eigenvalue weighted by Gasteiger charge is -1.94. The number of ether oxygens (including phenoxy) is 1. The highest BCUT2D eigenvalue weighted by molar-refractivity contribution is 7.79. The van der Waals surface area contributed by atoms with Crippen molar-refractivity contribution in [2.24, 2.45) is 0 Å². The monoisotopic (exact) mass is 333 g/mol. The first-order valence-electron chi connectivity index (χ1n) is 5.77. The van der Waals surface area contributed by atoms with Crippen molar-refractivity contribution >= 4 is 46.5 Å². The predicted octanol–water partition coefficient (Wildman–Crippen LogP) is 2.85. The van der Waals surface area contributed by atoms with Crippen LogP contribution in [0.5, 0.6) is 0 Å². The molecule has 21 heavy (non-hydrogen) atoms. The number of aromatic nitrogens is 1. The molecule has 1 heterocycles. The molecule has 0 bridgehead atoms. The molecule has 0 unspecified atom stereocenters. The molecule has 0 radical (unpaired) electrons. The van der Waals surface area contributed by atoms with Gasteiger partial charge in [0.25, 0.3) is 0 Å². The highest BCUT2D eigenvalue weighted by Crippen LogP contribution is 2.23. The quantitative estimate of drug-likeness (QED) is 0.592. The third kappa shape index (κ3) is 5.30. The number of thiol groups is 1. The van der Waals surface area contributed by atoms with E-state index in [-0.39, 0.29) is 5.48 Å². The zero-order chi connectivity index (χ0) is 15.1. The lowest BCUT2D eigenvalue weighted by atomic mass is 10.1. The molecule has 2 aromatic rings. The Morgan fingerprint density at radius 1 is 1.38 bits per heavy atom. The summed E-state index contributed by atoms with van der Waals surface area (Å²) in [5.74, 6) is -0.512. The number of benzene rings is 1. The number of carbonyl (C=O) groups excluding carboxylic acids is 1. The second-order valence-electron chi connectivity index (χ2n) is 3.66. The summed E-state index contributed by atoms with van der Waals surface area (Å²) in [5, 5.41) is 9.77. The van der Waals surface area contributed by atoms with E-state index in [1.54, 1.807) is 13.0 Å². The van der Waals surface area contributed by atoms with E-state index in [9.17, 15) is 9.59 Å². The number of H-pyrrole nitrogens is 1. The number of nitrogens with one attached hydrogen (secondary N) is 1. The molecule has 1 aromatic carbocycles. The molecule has 1 aromatic heterocycles. The maximum atomic E-state index is 11.0. The third-order valence-electron chi connectivity index (χ3n) is 2.41. The van der Waals surface area contributed by atoms with Crippen LogP contribution in [0.15, 0.2) is 24.3 Å². The van der Waals surface area contributed by atoms with Crippen LogP contribution in [-0.2, 0) is 10.5 Å². The number of carboxylic acid groups (broad SMARTS) is 1. The zero-order valence-electron chi connectivity index (χ0n) is 11.2. The van der Waals surface area contributed by atoms with Gasteiger partial charge in [0.2, 0.25) is 0 Å². The van der Waals surface area contributed by atoms with E-state index in [1.807, 2.05) is 18.2 Å². The molecule has 0 saturated heterocycles. The van der Waals surface area contributed by atoms with Crippen molar-refractivity contribution in [3.05, 3.63) is 35.5 Å². The number of halogens is 1. The van der Waals surface area contributed by atoms with Crippen LogP contribution in [0.1, 0.15) is 23.0 Å². The van der Waals surface area contributed by atoms with Gasteiger partial charge in [0.05, 0.1) is 12.2 Å². The molecule has 0 spiro atoms. The summed E-state index contributed by atoms with van der Waals surface area (Å²) in [5.41, 5.74) is 1.09. The average Bonchev–Trinajstić information content (AvgIpc) is 2.77. The lowest BCUT2D eigenvalue weighted by molar-refractivity contribution is 0.0698. The van der Waals surface area contributed by atoms with E-state index in [0.717, 1.165) is 10.9 Å². The molecule has 6 nitrogen and oxygen atoms in total. The Morgan fingerprint density at radius 2 is 2.00 bits per heavy atom. The summed E-state index contributed by atoms with van der Waals surface area (Å²) in [4.78, 5) is 23.6. The molecule has 2 rings (SSSR count). The number of hydrogen-bond donors (Lipinski definition) is 3. The van der Waals surface area contributed by atoms with Crippen LogP contribution in [0.4, 0.5) is 4.79 Å². The van der Waals surface area contributed by atoms with Gasteiger partial charge in [0, 0.05) is 34.0 Å². The minimum absolute atomic E-state index is 0. The number of rotatable bonds is 3. The fraction of sp³-hybridized carbons (Fsp3) is 0.231. The van der Waals surface area contributed by atoms with Crippen molar-refractivity contribution in [1.29, 1.82) is 0 Å². The molecule has 0 atom stereocenters. The van der Waals surface area contributed by atoms with Gasteiger partial charge in [-0.3, -0.25) is 0 Å². The van der Waals surface area contributed by atoms with E-state index in [1.165, 1.54) is 0 Å². The SMILES string of the molecule is CCOC(=O)Cl.O.O=C(O)c1c(CS)[nH]c2ccccc12. The Kier molecular flexibility index (Phi) is 8.52. The Bertz CT molecular complexity index is 614. The van der Waals surface area contributed by atoms with Crippen LogP contribution in [0.3, 0.4) is 0 Å².